The number of hydrogen-bond donors (Lipinski definition) is 0. The highest BCUT2D eigenvalue weighted by atomic mass is 16.3. The van der Waals surface area contributed by atoms with Crippen molar-refractivity contribution in [1.29, 1.82) is 0 Å². The zero-order valence-corrected chi connectivity index (χ0v) is 32.7. The minimum atomic E-state index is 0.0618. The molecule has 0 radical (unpaired) electrons. The smallest absolute Gasteiger partial charge is 0.164 e. The molecule has 0 saturated heterocycles. The number of hydrogen-bond acceptors (Lipinski definition) is 4. The zero-order chi connectivity index (χ0) is 38.7. The number of rotatable bonds is 5. The molecule has 4 heteroatoms. The molecule has 59 heavy (non-hydrogen) atoms. The summed E-state index contributed by atoms with van der Waals surface area (Å²) < 4.78 is 6.60. The van der Waals surface area contributed by atoms with Crippen molar-refractivity contribution in [3.8, 4) is 67.5 Å². The molecule has 282 valence electrons. The molecule has 7 aromatic carbocycles. The van der Waals surface area contributed by atoms with Crippen LogP contribution in [0.4, 0.5) is 0 Å². The molecule has 9 aromatic rings. The second kappa shape index (κ2) is 12.7. The monoisotopic (exact) mass is 759 g/mol. The third-order valence-corrected chi connectivity index (χ3v) is 14.5. The van der Waals surface area contributed by atoms with E-state index in [1.165, 1.54) is 65.5 Å². The van der Waals surface area contributed by atoms with Crippen LogP contribution in [0.3, 0.4) is 0 Å². The standard InChI is InChI=1S/C55H41N3O/c1-3-11-35(12-4-1)36-21-23-38(24-22-36)52-56-53(39-25-26-44-49(32-39)59-48-20-10-16-42(51(44)48)37-13-5-2-6-14-37)58-54(57-52)45-17-9-19-47-50(45)43-15-7-8-18-46(43)55(47)40-28-33-27-34(30-40)31-41(55)29-33/h1-26,32-34,40-41H,27-31H2. The lowest BCUT2D eigenvalue weighted by Crippen LogP contribution is -2.55. The van der Waals surface area contributed by atoms with Crippen molar-refractivity contribution in [3.63, 3.8) is 0 Å². The molecular weight excluding hydrogens is 719 g/mol. The van der Waals surface area contributed by atoms with Crippen molar-refractivity contribution in [1.82, 2.24) is 15.0 Å². The Balaban J connectivity index is 1.00. The van der Waals surface area contributed by atoms with Crippen LogP contribution >= 0.6 is 0 Å². The Morgan fingerprint density at radius 3 is 1.73 bits per heavy atom. The summed E-state index contributed by atoms with van der Waals surface area (Å²) in [4.78, 5) is 16.0. The van der Waals surface area contributed by atoms with Gasteiger partial charge in [0.2, 0.25) is 0 Å². The maximum Gasteiger partial charge on any atom is 0.164 e. The molecule has 1 spiro atoms. The van der Waals surface area contributed by atoms with E-state index in [1.807, 2.05) is 0 Å². The number of benzene rings is 7. The molecule has 4 nitrogen and oxygen atoms in total. The van der Waals surface area contributed by atoms with Crippen LogP contribution in [0.25, 0.3) is 89.5 Å². The highest BCUT2D eigenvalue weighted by Gasteiger charge is 2.61. The maximum atomic E-state index is 6.60. The number of nitrogens with zero attached hydrogens (tertiary/aromatic N) is 3. The lowest BCUT2D eigenvalue weighted by Gasteiger charge is -2.61. The summed E-state index contributed by atoms with van der Waals surface area (Å²) in [6.45, 7) is 0. The van der Waals surface area contributed by atoms with Crippen LogP contribution in [-0.4, -0.2) is 15.0 Å². The van der Waals surface area contributed by atoms with Crippen LogP contribution < -0.4 is 0 Å². The van der Waals surface area contributed by atoms with Crippen LogP contribution in [0.5, 0.6) is 0 Å². The van der Waals surface area contributed by atoms with Crippen LogP contribution in [0.1, 0.15) is 43.2 Å². The van der Waals surface area contributed by atoms with Crippen LogP contribution in [0.2, 0.25) is 0 Å². The molecule has 2 heterocycles. The van der Waals surface area contributed by atoms with Gasteiger partial charge in [-0.15, -0.1) is 0 Å². The summed E-state index contributed by atoms with van der Waals surface area (Å²) >= 11 is 0. The molecule has 5 aliphatic carbocycles. The van der Waals surface area contributed by atoms with E-state index in [4.69, 9.17) is 19.4 Å². The average Bonchev–Trinajstić information content (AvgIpc) is 3.82. The fraction of sp³-hybridized carbons (Fsp3) is 0.182. The van der Waals surface area contributed by atoms with Gasteiger partial charge in [-0.25, -0.2) is 15.0 Å². The van der Waals surface area contributed by atoms with E-state index >= 15 is 0 Å². The number of aromatic nitrogens is 3. The molecule has 0 atom stereocenters. The van der Waals surface area contributed by atoms with Gasteiger partial charge >= 0.3 is 0 Å². The molecule has 0 amide bonds. The van der Waals surface area contributed by atoms with Crippen LogP contribution in [0.15, 0.2) is 168 Å². The van der Waals surface area contributed by atoms with Gasteiger partial charge in [0.05, 0.1) is 0 Å². The first-order valence-electron chi connectivity index (χ1n) is 21.4. The Labute approximate surface area is 343 Å². The summed E-state index contributed by atoms with van der Waals surface area (Å²) in [7, 11) is 0. The van der Waals surface area contributed by atoms with Crippen molar-refractivity contribution in [2.24, 2.45) is 23.7 Å². The van der Waals surface area contributed by atoms with Gasteiger partial charge in [-0.1, -0.05) is 146 Å². The van der Waals surface area contributed by atoms with Gasteiger partial charge in [0, 0.05) is 32.9 Å². The van der Waals surface area contributed by atoms with Gasteiger partial charge in [0.25, 0.3) is 0 Å². The van der Waals surface area contributed by atoms with E-state index in [9.17, 15) is 0 Å². The lowest BCUT2D eigenvalue weighted by atomic mass is 9.43. The second-order valence-corrected chi connectivity index (χ2v) is 17.6. The van der Waals surface area contributed by atoms with Gasteiger partial charge in [0.1, 0.15) is 11.2 Å². The molecule has 0 N–H and O–H groups in total. The van der Waals surface area contributed by atoms with Gasteiger partial charge in [0.15, 0.2) is 17.5 Å². The second-order valence-electron chi connectivity index (χ2n) is 17.6. The molecule has 4 fully saturated rings. The summed E-state index contributed by atoms with van der Waals surface area (Å²) in [5.41, 5.74) is 15.1. The number of fused-ring (bicyclic) bond motifs is 6. The predicted octanol–water partition coefficient (Wildman–Crippen LogP) is 13.8. The summed E-state index contributed by atoms with van der Waals surface area (Å²) in [5, 5.41) is 2.20. The molecule has 14 rings (SSSR count). The quantitative estimate of drug-likeness (QED) is 0.175. The summed E-state index contributed by atoms with van der Waals surface area (Å²) in [6.07, 6.45) is 6.83. The molecule has 0 unspecified atom stereocenters. The van der Waals surface area contributed by atoms with E-state index in [-0.39, 0.29) is 5.41 Å². The summed E-state index contributed by atoms with van der Waals surface area (Å²) in [6, 6.07) is 58.7. The zero-order valence-electron chi connectivity index (χ0n) is 32.7. The highest BCUT2D eigenvalue weighted by molar-refractivity contribution is 6.13. The fourth-order valence-electron chi connectivity index (χ4n) is 12.4. The van der Waals surface area contributed by atoms with Crippen molar-refractivity contribution < 1.29 is 4.42 Å². The van der Waals surface area contributed by atoms with E-state index in [0.717, 1.165) is 61.6 Å². The normalized spacial score (nSPS) is 22.3. The summed E-state index contributed by atoms with van der Waals surface area (Å²) in [5.74, 6) is 5.14. The minimum Gasteiger partial charge on any atom is -0.456 e. The molecule has 4 bridgehead atoms. The van der Waals surface area contributed by atoms with Crippen molar-refractivity contribution in [2.75, 3.05) is 0 Å². The largest absolute Gasteiger partial charge is 0.456 e. The van der Waals surface area contributed by atoms with Gasteiger partial charge in [-0.3, -0.25) is 0 Å². The van der Waals surface area contributed by atoms with E-state index in [1.54, 1.807) is 0 Å². The van der Waals surface area contributed by atoms with Crippen LogP contribution in [-0.2, 0) is 5.41 Å². The lowest BCUT2D eigenvalue weighted by molar-refractivity contribution is -0.0399. The van der Waals surface area contributed by atoms with E-state index in [0.29, 0.717) is 29.3 Å². The third-order valence-electron chi connectivity index (χ3n) is 14.5. The van der Waals surface area contributed by atoms with Crippen molar-refractivity contribution >= 4 is 21.9 Å². The first-order valence-corrected chi connectivity index (χ1v) is 21.4. The van der Waals surface area contributed by atoms with Gasteiger partial charge in [-0.2, -0.15) is 0 Å². The molecule has 4 saturated carbocycles. The fourth-order valence-corrected chi connectivity index (χ4v) is 12.4. The topological polar surface area (TPSA) is 51.8 Å². The average molecular weight is 760 g/mol. The Bertz CT molecular complexity index is 3080. The first kappa shape index (κ1) is 33.3. The minimum absolute atomic E-state index is 0.0618. The van der Waals surface area contributed by atoms with Crippen molar-refractivity contribution in [3.05, 3.63) is 175 Å². The Hall–Kier alpha value is -6.65. The first-order chi connectivity index (χ1) is 29.2. The number of furan rings is 1. The Morgan fingerprint density at radius 2 is 0.966 bits per heavy atom. The SMILES string of the molecule is c1ccc(-c2ccc(-c3nc(-c4ccc5c(c4)oc4cccc(-c6ccccc6)c45)nc(-c4cccc5c4-c4ccccc4C54C5CC6CC(C5)CC4C6)n3)cc2)cc1. The highest BCUT2D eigenvalue weighted by Crippen LogP contribution is 2.70. The third kappa shape index (κ3) is 4.93. The van der Waals surface area contributed by atoms with E-state index in [2.05, 4.69) is 164 Å². The maximum absolute atomic E-state index is 6.60. The molecular formula is C55H41N3O. The Kier molecular flexibility index (Phi) is 7.16. The molecule has 0 aliphatic heterocycles. The Morgan fingerprint density at radius 1 is 0.407 bits per heavy atom. The molecule has 5 aliphatic rings. The van der Waals surface area contributed by atoms with E-state index < -0.39 is 0 Å². The predicted molar refractivity (Wildman–Crippen MR) is 238 cm³/mol. The van der Waals surface area contributed by atoms with Gasteiger partial charge in [-0.05, 0) is 118 Å². The van der Waals surface area contributed by atoms with Crippen molar-refractivity contribution in [2.45, 2.75) is 37.5 Å². The van der Waals surface area contributed by atoms with Gasteiger partial charge < -0.3 is 4.42 Å². The molecule has 2 aromatic heterocycles. The van der Waals surface area contributed by atoms with Crippen LogP contribution in [0, 0.1) is 23.7 Å².